The minimum atomic E-state index is -0.539. The molecule has 0 amide bonds. The molecule has 23 heavy (non-hydrogen) atoms. The Morgan fingerprint density at radius 1 is 0.870 bits per heavy atom. The highest BCUT2D eigenvalue weighted by atomic mass is 16.6. The Morgan fingerprint density at radius 2 is 1.48 bits per heavy atom. The summed E-state index contributed by atoms with van der Waals surface area (Å²) < 4.78 is 10.0. The highest BCUT2D eigenvalue weighted by Crippen LogP contribution is 2.29. The van der Waals surface area contributed by atoms with Gasteiger partial charge in [0.15, 0.2) is 17.3 Å². The fourth-order valence-corrected chi connectivity index (χ4v) is 2.19. The van der Waals surface area contributed by atoms with Gasteiger partial charge >= 0.3 is 11.9 Å². The zero-order chi connectivity index (χ0) is 17.2. The summed E-state index contributed by atoms with van der Waals surface area (Å²) in [5, 5.41) is 0. The van der Waals surface area contributed by atoms with Gasteiger partial charge in [-0.15, -0.1) is 0 Å². The first kappa shape index (κ1) is 18.9. The first-order valence-corrected chi connectivity index (χ1v) is 7.98. The Balaban J connectivity index is 2.76. The van der Waals surface area contributed by atoms with Crippen molar-refractivity contribution < 1.29 is 23.9 Å². The third-order valence-electron chi connectivity index (χ3n) is 3.28. The first-order chi connectivity index (χ1) is 10.9. The number of benzene rings is 1. The third-order valence-corrected chi connectivity index (χ3v) is 3.28. The Labute approximate surface area is 137 Å². The lowest BCUT2D eigenvalue weighted by molar-refractivity contribution is -0.134. The summed E-state index contributed by atoms with van der Waals surface area (Å²) in [6.45, 7) is 4.65. The molecule has 0 spiro atoms. The first-order valence-electron chi connectivity index (χ1n) is 7.98. The normalized spacial score (nSPS) is 10.2. The molecule has 0 heterocycles. The van der Waals surface area contributed by atoms with Crippen LogP contribution in [0.3, 0.4) is 0 Å². The summed E-state index contributed by atoms with van der Waals surface area (Å²) in [4.78, 5) is 34.4. The highest BCUT2D eigenvalue weighted by molar-refractivity contribution is 5.97. The number of carbonyl (C=O) groups is 3. The van der Waals surface area contributed by atoms with Crippen LogP contribution in [-0.4, -0.2) is 17.7 Å². The molecule has 126 valence electrons. The lowest BCUT2D eigenvalue weighted by Gasteiger charge is -2.10. The molecule has 5 nitrogen and oxygen atoms in total. The van der Waals surface area contributed by atoms with Crippen molar-refractivity contribution in [2.45, 2.75) is 59.3 Å². The number of hydrogen-bond acceptors (Lipinski definition) is 5. The van der Waals surface area contributed by atoms with E-state index in [1.54, 1.807) is 6.07 Å². The van der Waals surface area contributed by atoms with E-state index >= 15 is 0 Å². The molecular formula is C18H24O5. The van der Waals surface area contributed by atoms with Crippen molar-refractivity contribution in [3.63, 3.8) is 0 Å². The van der Waals surface area contributed by atoms with Crippen molar-refractivity contribution in [2.24, 2.45) is 0 Å². The maximum absolute atomic E-state index is 12.2. The van der Waals surface area contributed by atoms with Gasteiger partial charge < -0.3 is 9.47 Å². The lowest BCUT2D eigenvalue weighted by Crippen LogP contribution is -2.08. The maximum Gasteiger partial charge on any atom is 0.308 e. The molecule has 5 heteroatoms. The molecule has 0 radical (unpaired) electrons. The smallest absolute Gasteiger partial charge is 0.308 e. The molecule has 0 aromatic heterocycles. The SMILES string of the molecule is CCCCCCCC(=O)c1ccc(OC(C)=O)c(OC(C)=O)c1. The average Bonchev–Trinajstić information content (AvgIpc) is 2.47. The zero-order valence-corrected chi connectivity index (χ0v) is 14.0. The van der Waals surface area contributed by atoms with Crippen molar-refractivity contribution in [2.75, 3.05) is 0 Å². The van der Waals surface area contributed by atoms with E-state index < -0.39 is 11.9 Å². The second kappa shape index (κ2) is 9.77. The van der Waals surface area contributed by atoms with Crippen LogP contribution in [0.5, 0.6) is 11.5 Å². The molecule has 1 rings (SSSR count). The van der Waals surface area contributed by atoms with Gasteiger partial charge in [-0.2, -0.15) is 0 Å². The van der Waals surface area contributed by atoms with E-state index in [1.165, 1.54) is 32.4 Å². The van der Waals surface area contributed by atoms with Gasteiger partial charge in [0.2, 0.25) is 0 Å². The van der Waals surface area contributed by atoms with E-state index in [0.29, 0.717) is 12.0 Å². The number of ketones is 1. The largest absolute Gasteiger partial charge is 0.423 e. The summed E-state index contributed by atoms with van der Waals surface area (Å²) in [7, 11) is 0. The predicted octanol–water partition coefficient (Wildman–Crippen LogP) is 4.08. The fourth-order valence-electron chi connectivity index (χ4n) is 2.19. The van der Waals surface area contributed by atoms with Gasteiger partial charge in [-0.1, -0.05) is 32.6 Å². The van der Waals surface area contributed by atoms with Crippen LogP contribution in [0.2, 0.25) is 0 Å². The van der Waals surface area contributed by atoms with Gasteiger partial charge in [-0.05, 0) is 24.6 Å². The van der Waals surface area contributed by atoms with Crippen molar-refractivity contribution >= 4 is 17.7 Å². The molecule has 0 unspecified atom stereocenters. The minimum Gasteiger partial charge on any atom is -0.423 e. The molecule has 0 atom stereocenters. The van der Waals surface area contributed by atoms with E-state index in [0.717, 1.165) is 25.7 Å². The number of hydrogen-bond donors (Lipinski definition) is 0. The number of carbonyl (C=O) groups excluding carboxylic acids is 3. The Hall–Kier alpha value is -2.17. The monoisotopic (exact) mass is 320 g/mol. The van der Waals surface area contributed by atoms with Gasteiger partial charge in [-0.25, -0.2) is 0 Å². The van der Waals surface area contributed by atoms with Gasteiger partial charge in [-0.3, -0.25) is 14.4 Å². The van der Waals surface area contributed by atoms with Gasteiger partial charge in [0.25, 0.3) is 0 Å². The Kier molecular flexibility index (Phi) is 8.02. The summed E-state index contributed by atoms with van der Waals surface area (Å²) in [5.41, 5.74) is 0.452. The topological polar surface area (TPSA) is 69.7 Å². The summed E-state index contributed by atoms with van der Waals surface area (Å²) in [6.07, 6.45) is 5.80. The average molecular weight is 320 g/mol. The van der Waals surface area contributed by atoms with Crippen LogP contribution in [0.15, 0.2) is 18.2 Å². The number of rotatable bonds is 9. The van der Waals surface area contributed by atoms with Crippen LogP contribution in [0, 0.1) is 0 Å². The maximum atomic E-state index is 12.2. The standard InChI is InChI=1S/C18H24O5/c1-4-5-6-7-8-9-16(21)15-10-11-17(22-13(2)19)18(12-15)23-14(3)20/h10-12H,4-9H2,1-3H3. The molecule has 1 aromatic rings. The van der Waals surface area contributed by atoms with Crippen molar-refractivity contribution in [1.29, 1.82) is 0 Å². The summed E-state index contributed by atoms with van der Waals surface area (Å²) in [6, 6.07) is 4.51. The molecule has 0 aliphatic carbocycles. The molecule has 0 saturated heterocycles. The fraction of sp³-hybridized carbons (Fsp3) is 0.500. The number of unbranched alkanes of at least 4 members (excludes halogenated alkanes) is 4. The van der Waals surface area contributed by atoms with E-state index in [1.807, 2.05) is 0 Å². The molecule has 0 N–H and O–H groups in total. The summed E-state index contributed by atoms with van der Waals surface area (Å²) in [5.74, 6) is -0.850. The van der Waals surface area contributed by atoms with E-state index in [2.05, 4.69) is 6.92 Å². The second-order valence-electron chi connectivity index (χ2n) is 5.44. The van der Waals surface area contributed by atoms with Crippen molar-refractivity contribution in [3.05, 3.63) is 23.8 Å². The lowest BCUT2D eigenvalue weighted by atomic mass is 10.0. The van der Waals surface area contributed by atoms with Crippen LogP contribution < -0.4 is 9.47 Å². The zero-order valence-electron chi connectivity index (χ0n) is 14.0. The van der Waals surface area contributed by atoms with Crippen molar-refractivity contribution in [3.8, 4) is 11.5 Å². The van der Waals surface area contributed by atoms with Crippen LogP contribution in [-0.2, 0) is 9.59 Å². The molecule has 0 aliphatic rings. The Morgan fingerprint density at radius 3 is 2.09 bits per heavy atom. The third kappa shape index (κ3) is 7.08. The van der Waals surface area contributed by atoms with Gasteiger partial charge in [0, 0.05) is 25.8 Å². The van der Waals surface area contributed by atoms with Crippen LogP contribution in [0.25, 0.3) is 0 Å². The second-order valence-corrected chi connectivity index (χ2v) is 5.44. The molecule has 1 aromatic carbocycles. The quantitative estimate of drug-likeness (QED) is 0.297. The van der Waals surface area contributed by atoms with E-state index in [-0.39, 0.29) is 17.3 Å². The highest BCUT2D eigenvalue weighted by Gasteiger charge is 2.14. The molecular weight excluding hydrogens is 296 g/mol. The molecule has 0 saturated carbocycles. The number of ether oxygens (including phenoxy) is 2. The van der Waals surface area contributed by atoms with Crippen LogP contribution in [0.1, 0.15) is 69.7 Å². The van der Waals surface area contributed by atoms with Crippen LogP contribution >= 0.6 is 0 Å². The van der Waals surface area contributed by atoms with Crippen LogP contribution in [0.4, 0.5) is 0 Å². The van der Waals surface area contributed by atoms with Crippen molar-refractivity contribution in [1.82, 2.24) is 0 Å². The van der Waals surface area contributed by atoms with Gasteiger partial charge in [0.05, 0.1) is 0 Å². The molecule has 0 fully saturated rings. The van der Waals surface area contributed by atoms with Gasteiger partial charge in [0.1, 0.15) is 0 Å². The van der Waals surface area contributed by atoms with E-state index in [9.17, 15) is 14.4 Å². The molecule has 0 bridgehead atoms. The molecule has 0 aliphatic heterocycles. The van der Waals surface area contributed by atoms with E-state index in [4.69, 9.17) is 9.47 Å². The summed E-state index contributed by atoms with van der Waals surface area (Å²) >= 11 is 0. The Bertz CT molecular complexity index is 563. The minimum absolute atomic E-state index is 0.00993. The number of esters is 2. The predicted molar refractivity (Wildman–Crippen MR) is 86.8 cm³/mol. The number of Topliss-reactive ketones (excluding diaryl/α,β-unsaturated/α-hetero) is 1.